The first-order valence-corrected chi connectivity index (χ1v) is 4.88. The van der Waals surface area contributed by atoms with Crippen molar-refractivity contribution in [3.63, 3.8) is 0 Å². The minimum Gasteiger partial charge on any atom is -0.351 e. The van der Waals surface area contributed by atoms with Crippen molar-refractivity contribution in [1.29, 1.82) is 0 Å². The van der Waals surface area contributed by atoms with E-state index in [1.54, 1.807) is 0 Å². The highest BCUT2D eigenvalue weighted by atomic mass is 32.2. The normalized spacial score (nSPS) is 10.2. The molecule has 0 saturated carbocycles. The van der Waals surface area contributed by atoms with Crippen LogP contribution in [0.25, 0.3) is 0 Å². The lowest BCUT2D eigenvalue weighted by atomic mass is 10.3. The highest BCUT2D eigenvalue weighted by molar-refractivity contribution is 7.83. The van der Waals surface area contributed by atoms with Crippen molar-refractivity contribution >= 4 is 16.3 Å². The van der Waals surface area contributed by atoms with Crippen molar-refractivity contribution in [2.24, 2.45) is 11.7 Å². The molecular weight excluding hydrogens is 198 g/mol. The molecule has 5 N–H and O–H groups in total. The van der Waals surface area contributed by atoms with Crippen LogP contribution in [0.5, 0.6) is 0 Å². The molecule has 0 aliphatic carbocycles. The Kier molecular flexibility index (Phi) is 7.48. The van der Waals surface area contributed by atoms with Gasteiger partial charge in [0.05, 0.1) is 0 Å². The van der Waals surface area contributed by atoms with Gasteiger partial charge in [-0.2, -0.15) is 8.42 Å². The molecule has 2 amide bonds. The number of urea groups is 1. The molecule has 80 valence electrons. The molecule has 0 heterocycles. The molecule has 7 nitrogen and oxygen atoms in total. The number of hydrogen-bond donors (Lipinski definition) is 4. The van der Waals surface area contributed by atoms with E-state index in [2.05, 4.69) is 26.5 Å². The number of rotatable bonds is 2. The summed E-state index contributed by atoms with van der Waals surface area (Å²) < 4.78 is 27.3. The van der Waals surface area contributed by atoms with Crippen LogP contribution in [0, 0.1) is 5.92 Å². The first-order chi connectivity index (χ1) is 5.65. The molecule has 8 heteroatoms. The van der Waals surface area contributed by atoms with Crippen LogP contribution < -0.4 is 16.0 Å². The summed E-state index contributed by atoms with van der Waals surface area (Å²) in [6, 6.07) is -1.10. The molecule has 0 spiro atoms. The van der Waals surface area contributed by atoms with Crippen LogP contribution in [0.4, 0.5) is 4.79 Å². The quantitative estimate of drug-likeness (QED) is 0.369. The van der Waals surface area contributed by atoms with Gasteiger partial charge in [0.15, 0.2) is 0 Å². The maximum Gasteiger partial charge on any atom is 0.350 e. The molecule has 0 aromatic carbocycles. The summed E-state index contributed by atoms with van der Waals surface area (Å²) in [4.78, 5) is 10.9. The van der Waals surface area contributed by atoms with Crippen LogP contribution >= 0.6 is 0 Å². The summed E-state index contributed by atoms with van der Waals surface area (Å²) >= 11 is 0. The number of nitrogens with one attached hydrogen (secondary N) is 2. The van der Waals surface area contributed by atoms with Gasteiger partial charge in [-0.25, -0.2) is 4.79 Å². The number of carbonyl (C=O) groups excluding carboxylic acids is 1. The zero-order valence-corrected chi connectivity index (χ0v) is 8.55. The van der Waals surface area contributed by atoms with E-state index in [1.165, 1.54) is 10.3 Å². The second-order valence-corrected chi connectivity index (χ2v) is 3.95. The Hall–Kier alpha value is -0.860. The summed E-state index contributed by atoms with van der Waals surface area (Å²) in [6.45, 7) is 6.50. The van der Waals surface area contributed by atoms with Gasteiger partial charge in [-0.3, -0.25) is 9.98 Å². The molecule has 0 bridgehead atoms. The van der Waals surface area contributed by atoms with Crippen LogP contribution in [0.1, 0.15) is 20.8 Å². The maximum absolute atomic E-state index is 9.72. The molecule has 13 heavy (non-hydrogen) atoms. The first kappa shape index (κ1) is 14.7. The molecule has 0 atom stereocenters. The molecule has 0 aliphatic heterocycles. The smallest absolute Gasteiger partial charge is 0.350 e. The van der Waals surface area contributed by atoms with Crippen molar-refractivity contribution in [2.75, 3.05) is 0 Å². The van der Waals surface area contributed by atoms with E-state index in [-0.39, 0.29) is 0 Å². The summed E-state index contributed by atoms with van der Waals surface area (Å²) in [7, 11) is -4.38. The van der Waals surface area contributed by atoms with Crippen molar-refractivity contribution < 1.29 is 17.8 Å². The molecule has 0 radical (unpaired) electrons. The highest BCUT2D eigenvalue weighted by Crippen LogP contribution is 1.81. The Morgan fingerprint density at radius 2 is 1.69 bits per heavy atom. The van der Waals surface area contributed by atoms with E-state index in [1.807, 2.05) is 0 Å². The van der Waals surface area contributed by atoms with E-state index < -0.39 is 16.3 Å². The second-order valence-electron chi connectivity index (χ2n) is 2.80. The molecule has 0 fully saturated rings. The monoisotopic (exact) mass is 213 g/mol. The van der Waals surface area contributed by atoms with E-state index in [0.717, 1.165) is 5.92 Å². The number of amides is 2. The van der Waals surface area contributed by atoms with Crippen molar-refractivity contribution in [1.82, 2.24) is 10.3 Å². The summed E-state index contributed by atoms with van der Waals surface area (Å²) in [6.07, 6.45) is 0. The third-order valence-corrected chi connectivity index (χ3v) is 0.663. The Labute approximate surface area is 77.5 Å². The molecule has 0 aliphatic rings. The molecule has 0 saturated heterocycles. The van der Waals surface area contributed by atoms with Gasteiger partial charge in [0.1, 0.15) is 0 Å². The lowest BCUT2D eigenvalue weighted by Gasteiger charge is -1.97. The van der Waals surface area contributed by atoms with Crippen molar-refractivity contribution in [3.05, 3.63) is 0 Å². The SMILES string of the molecule is CC(C)C.NC(=O)NNS(=O)(=O)O. The van der Waals surface area contributed by atoms with Crippen LogP contribution in [0.15, 0.2) is 0 Å². The Balaban J connectivity index is 0. The number of carbonyl (C=O) groups is 1. The summed E-state index contributed by atoms with van der Waals surface area (Å²) in [5, 5.41) is 0. The molecule has 0 aromatic heterocycles. The lowest BCUT2D eigenvalue weighted by molar-refractivity contribution is 0.247. The topological polar surface area (TPSA) is 122 Å². The number of hydrazine groups is 1. The summed E-state index contributed by atoms with van der Waals surface area (Å²) in [5.74, 6) is 0.833. The van der Waals surface area contributed by atoms with Gasteiger partial charge in [-0.15, -0.1) is 4.83 Å². The average molecular weight is 213 g/mol. The largest absolute Gasteiger partial charge is 0.351 e. The predicted octanol–water partition coefficient (Wildman–Crippen LogP) is -0.376. The molecular formula is C5H15N3O4S. The Morgan fingerprint density at radius 3 is 1.77 bits per heavy atom. The lowest BCUT2D eigenvalue weighted by Crippen LogP contribution is -2.44. The Morgan fingerprint density at radius 1 is 1.38 bits per heavy atom. The third kappa shape index (κ3) is 35.2. The fraction of sp³-hybridized carbons (Fsp3) is 0.800. The standard InChI is InChI=1S/C4H10.CH5N3O4S/c1-4(2)3;2-1(5)3-4-9(6,7)8/h4H,1-3H3;4H,(H3,2,3,5)(H,6,7,8). The fourth-order valence-corrected chi connectivity index (χ4v) is 0.344. The van der Waals surface area contributed by atoms with Gasteiger partial charge in [-0.05, 0) is 5.92 Å². The molecule has 0 unspecified atom stereocenters. The molecule has 0 rings (SSSR count). The van der Waals surface area contributed by atoms with Crippen LogP contribution in [0.2, 0.25) is 0 Å². The Bertz CT molecular complexity index is 233. The van der Waals surface area contributed by atoms with E-state index in [4.69, 9.17) is 4.55 Å². The third-order valence-electron chi connectivity index (χ3n) is 0.303. The second kappa shape index (κ2) is 6.63. The van der Waals surface area contributed by atoms with E-state index in [9.17, 15) is 13.2 Å². The van der Waals surface area contributed by atoms with Crippen molar-refractivity contribution in [3.8, 4) is 0 Å². The number of primary amides is 1. The van der Waals surface area contributed by atoms with Crippen LogP contribution in [-0.4, -0.2) is 19.0 Å². The average Bonchev–Trinajstić information content (AvgIpc) is 1.80. The molecule has 0 aromatic rings. The van der Waals surface area contributed by atoms with Gasteiger partial charge in [-0.1, -0.05) is 20.8 Å². The van der Waals surface area contributed by atoms with Crippen LogP contribution in [-0.2, 0) is 10.3 Å². The minimum atomic E-state index is -4.38. The number of nitrogens with two attached hydrogens (primary N) is 1. The summed E-state index contributed by atoms with van der Waals surface area (Å²) in [5.41, 5.74) is 5.85. The number of hydrogen-bond acceptors (Lipinski definition) is 3. The highest BCUT2D eigenvalue weighted by Gasteiger charge is 2.01. The predicted molar refractivity (Wildman–Crippen MR) is 47.9 cm³/mol. The van der Waals surface area contributed by atoms with Gasteiger partial charge < -0.3 is 5.73 Å². The zero-order chi connectivity index (χ0) is 11.1. The van der Waals surface area contributed by atoms with Crippen molar-refractivity contribution in [2.45, 2.75) is 20.8 Å². The van der Waals surface area contributed by atoms with Gasteiger partial charge in [0.25, 0.3) is 0 Å². The van der Waals surface area contributed by atoms with Crippen LogP contribution in [0.3, 0.4) is 0 Å². The van der Waals surface area contributed by atoms with Gasteiger partial charge >= 0.3 is 16.3 Å². The zero-order valence-electron chi connectivity index (χ0n) is 7.73. The maximum atomic E-state index is 9.72. The van der Waals surface area contributed by atoms with E-state index >= 15 is 0 Å². The fourth-order valence-electron chi connectivity index (χ4n) is 0.115. The first-order valence-electron chi connectivity index (χ1n) is 3.44. The van der Waals surface area contributed by atoms with Gasteiger partial charge in [0, 0.05) is 0 Å². The van der Waals surface area contributed by atoms with E-state index in [0.29, 0.717) is 0 Å². The minimum absolute atomic E-state index is 0.833. The van der Waals surface area contributed by atoms with Gasteiger partial charge in [0.2, 0.25) is 0 Å².